The minimum absolute atomic E-state index is 0.278. The lowest BCUT2D eigenvalue weighted by atomic mass is 10.1. The van der Waals surface area contributed by atoms with E-state index in [1.165, 1.54) is 0 Å². The lowest BCUT2D eigenvalue weighted by Crippen LogP contribution is -2.35. The van der Waals surface area contributed by atoms with Crippen molar-refractivity contribution in [1.29, 1.82) is 0 Å². The third-order valence-electron chi connectivity index (χ3n) is 5.32. The number of carboxylic acids is 1. The first kappa shape index (κ1) is 19.2. The summed E-state index contributed by atoms with van der Waals surface area (Å²) in [5, 5.41) is 9.19. The van der Waals surface area contributed by atoms with Gasteiger partial charge in [0.05, 0.1) is 5.56 Å². The van der Waals surface area contributed by atoms with Crippen LogP contribution in [0.2, 0.25) is 0 Å². The van der Waals surface area contributed by atoms with Crippen molar-refractivity contribution < 1.29 is 14.6 Å². The van der Waals surface area contributed by atoms with Crippen LogP contribution in [0.1, 0.15) is 28.8 Å². The van der Waals surface area contributed by atoms with E-state index in [9.17, 15) is 9.90 Å². The van der Waals surface area contributed by atoms with Crippen LogP contribution < -0.4 is 4.74 Å². The van der Waals surface area contributed by atoms with Gasteiger partial charge in [0.25, 0.3) is 0 Å². The Morgan fingerprint density at radius 1 is 1.17 bits per heavy atom. The zero-order valence-corrected chi connectivity index (χ0v) is 16.5. The van der Waals surface area contributed by atoms with Gasteiger partial charge in [0.2, 0.25) is 0 Å². The second-order valence-electron chi connectivity index (χ2n) is 7.53. The van der Waals surface area contributed by atoms with Crippen molar-refractivity contribution in [2.75, 3.05) is 20.1 Å². The van der Waals surface area contributed by atoms with Crippen molar-refractivity contribution in [3.63, 3.8) is 0 Å². The van der Waals surface area contributed by atoms with Gasteiger partial charge in [-0.1, -0.05) is 12.1 Å². The zero-order valence-electron chi connectivity index (χ0n) is 16.5. The molecule has 1 fully saturated rings. The summed E-state index contributed by atoms with van der Waals surface area (Å²) in [5.41, 5.74) is 2.21. The molecule has 6 nitrogen and oxygen atoms in total. The van der Waals surface area contributed by atoms with Crippen molar-refractivity contribution in [1.82, 2.24) is 14.5 Å². The summed E-state index contributed by atoms with van der Waals surface area (Å²) in [6.07, 6.45) is 6.06. The van der Waals surface area contributed by atoms with Crippen LogP contribution in [-0.4, -0.2) is 51.8 Å². The molecular formula is C23H25N3O3. The maximum Gasteiger partial charge on any atom is 0.335 e. The Balaban J connectivity index is 1.46. The number of hydrogen-bond acceptors (Lipinski definition) is 4. The lowest BCUT2D eigenvalue weighted by molar-refractivity contribution is 0.0696. The summed E-state index contributed by atoms with van der Waals surface area (Å²) in [5.74, 6) is 0.810. The Morgan fingerprint density at radius 2 is 1.93 bits per heavy atom. The molecule has 0 atom stereocenters. The summed E-state index contributed by atoms with van der Waals surface area (Å²) in [6, 6.07) is 15.0. The topological polar surface area (TPSA) is 67.6 Å². The smallest absolute Gasteiger partial charge is 0.335 e. The van der Waals surface area contributed by atoms with E-state index in [-0.39, 0.29) is 6.10 Å². The number of rotatable bonds is 6. The summed E-state index contributed by atoms with van der Waals surface area (Å²) in [6.45, 7) is 2.71. The maximum atomic E-state index is 11.2. The summed E-state index contributed by atoms with van der Waals surface area (Å²) in [4.78, 5) is 18.0. The molecule has 4 rings (SSSR count). The fourth-order valence-electron chi connectivity index (χ4n) is 3.67. The van der Waals surface area contributed by atoms with Crippen LogP contribution in [0.4, 0.5) is 0 Å². The van der Waals surface area contributed by atoms with Gasteiger partial charge < -0.3 is 19.3 Å². The molecule has 3 aromatic rings. The van der Waals surface area contributed by atoms with Crippen molar-refractivity contribution in [2.45, 2.75) is 25.5 Å². The molecule has 2 heterocycles. The van der Waals surface area contributed by atoms with E-state index < -0.39 is 5.97 Å². The largest absolute Gasteiger partial charge is 0.490 e. The van der Waals surface area contributed by atoms with E-state index in [4.69, 9.17) is 4.74 Å². The highest BCUT2D eigenvalue weighted by Crippen LogP contribution is 2.24. The number of benzene rings is 2. The summed E-state index contributed by atoms with van der Waals surface area (Å²) >= 11 is 0. The zero-order chi connectivity index (χ0) is 20.2. The van der Waals surface area contributed by atoms with Gasteiger partial charge in [0.1, 0.15) is 17.7 Å². The molecule has 2 aromatic carbocycles. The number of carboxylic acid groups (broad SMARTS) is 1. The highest BCUT2D eigenvalue weighted by molar-refractivity contribution is 5.87. The minimum Gasteiger partial charge on any atom is -0.490 e. The first-order valence-corrected chi connectivity index (χ1v) is 9.87. The SMILES string of the molecule is CN1CCC(Oc2ccc(-c3nccn3Cc3cccc(C(=O)O)c3)cc2)CC1. The molecule has 0 amide bonds. The van der Waals surface area contributed by atoms with Crippen molar-refractivity contribution >= 4 is 5.97 Å². The van der Waals surface area contributed by atoms with E-state index in [0.29, 0.717) is 12.1 Å². The molecule has 150 valence electrons. The molecule has 1 aromatic heterocycles. The fourth-order valence-corrected chi connectivity index (χ4v) is 3.67. The third-order valence-corrected chi connectivity index (χ3v) is 5.32. The Labute approximate surface area is 170 Å². The van der Waals surface area contributed by atoms with Crippen molar-refractivity contribution in [2.24, 2.45) is 0 Å². The number of likely N-dealkylation sites (tertiary alicyclic amines) is 1. The van der Waals surface area contributed by atoms with Crippen LogP contribution in [0.5, 0.6) is 5.75 Å². The number of aromatic carboxylic acids is 1. The van der Waals surface area contributed by atoms with Crippen LogP contribution in [0.3, 0.4) is 0 Å². The van der Waals surface area contributed by atoms with Gasteiger partial charge in [-0.3, -0.25) is 0 Å². The Morgan fingerprint density at radius 3 is 2.66 bits per heavy atom. The maximum absolute atomic E-state index is 11.2. The van der Waals surface area contributed by atoms with Gasteiger partial charge in [0.15, 0.2) is 0 Å². The number of ether oxygens (including phenoxy) is 1. The highest BCUT2D eigenvalue weighted by Gasteiger charge is 2.18. The Hall–Kier alpha value is -3.12. The average molecular weight is 391 g/mol. The van der Waals surface area contributed by atoms with Crippen LogP contribution in [-0.2, 0) is 6.54 Å². The average Bonchev–Trinajstić information content (AvgIpc) is 3.18. The molecule has 0 spiro atoms. The summed E-state index contributed by atoms with van der Waals surface area (Å²) in [7, 11) is 2.14. The minimum atomic E-state index is -0.919. The molecule has 29 heavy (non-hydrogen) atoms. The quantitative estimate of drug-likeness (QED) is 0.693. The van der Waals surface area contributed by atoms with Crippen LogP contribution in [0, 0.1) is 0 Å². The van der Waals surface area contributed by atoms with Crippen molar-refractivity contribution in [3.8, 4) is 17.1 Å². The van der Waals surface area contributed by atoms with Gasteiger partial charge in [-0.25, -0.2) is 9.78 Å². The fraction of sp³-hybridized carbons (Fsp3) is 0.304. The van der Waals surface area contributed by atoms with Crippen LogP contribution in [0.25, 0.3) is 11.4 Å². The number of imidazole rings is 1. The van der Waals surface area contributed by atoms with Gasteiger partial charge in [-0.2, -0.15) is 0 Å². The van der Waals surface area contributed by atoms with Crippen LogP contribution >= 0.6 is 0 Å². The molecule has 6 heteroatoms. The predicted molar refractivity (Wildman–Crippen MR) is 111 cm³/mol. The molecule has 0 saturated carbocycles. The molecule has 0 unspecified atom stereocenters. The molecule has 0 radical (unpaired) electrons. The molecule has 0 bridgehead atoms. The monoisotopic (exact) mass is 391 g/mol. The molecule has 1 N–H and O–H groups in total. The summed E-state index contributed by atoms with van der Waals surface area (Å²) < 4.78 is 8.15. The van der Waals surface area contributed by atoms with Gasteiger partial charge in [-0.15, -0.1) is 0 Å². The van der Waals surface area contributed by atoms with E-state index in [1.54, 1.807) is 24.4 Å². The van der Waals surface area contributed by atoms with Crippen LogP contribution in [0.15, 0.2) is 60.9 Å². The number of piperidine rings is 1. The predicted octanol–water partition coefficient (Wildman–Crippen LogP) is 3.77. The number of hydrogen-bond donors (Lipinski definition) is 1. The lowest BCUT2D eigenvalue weighted by Gasteiger charge is -2.29. The number of aromatic nitrogens is 2. The highest BCUT2D eigenvalue weighted by atomic mass is 16.5. The second kappa shape index (κ2) is 8.49. The molecule has 1 aliphatic heterocycles. The molecule has 1 aliphatic rings. The van der Waals surface area contributed by atoms with Crippen molar-refractivity contribution in [3.05, 3.63) is 72.1 Å². The van der Waals surface area contributed by atoms with E-state index in [2.05, 4.69) is 16.9 Å². The molecular weight excluding hydrogens is 366 g/mol. The third kappa shape index (κ3) is 4.66. The van der Waals surface area contributed by atoms with E-state index in [0.717, 1.165) is 48.6 Å². The van der Waals surface area contributed by atoms with Gasteiger partial charge in [0, 0.05) is 37.6 Å². The number of nitrogens with zero attached hydrogens (tertiary/aromatic N) is 3. The van der Waals surface area contributed by atoms with E-state index in [1.807, 2.05) is 41.1 Å². The van der Waals surface area contributed by atoms with E-state index >= 15 is 0 Å². The Bertz CT molecular complexity index is 973. The standard InChI is InChI=1S/C23H25N3O3/c1-25-12-9-21(10-13-25)29-20-7-5-18(6-8-20)22-24-11-14-26(22)16-17-3-2-4-19(15-17)23(27)28/h2-8,11,14-15,21H,9-10,12-13,16H2,1H3,(H,27,28). The molecule has 1 saturated heterocycles. The first-order valence-electron chi connectivity index (χ1n) is 9.87. The van der Waals surface area contributed by atoms with Gasteiger partial charge >= 0.3 is 5.97 Å². The first-order chi connectivity index (χ1) is 14.1. The van der Waals surface area contributed by atoms with Gasteiger partial charge in [-0.05, 0) is 61.9 Å². The normalized spacial score (nSPS) is 15.3. The Kier molecular flexibility index (Phi) is 5.62. The number of carbonyl (C=O) groups is 1. The second-order valence-corrected chi connectivity index (χ2v) is 7.53. The molecule has 0 aliphatic carbocycles.